The van der Waals surface area contributed by atoms with E-state index in [9.17, 15) is 0 Å². The Morgan fingerprint density at radius 2 is 1.80 bits per heavy atom. The fourth-order valence-electron chi connectivity index (χ4n) is 3.42. The maximum atomic E-state index is 4.79. The van der Waals surface area contributed by atoms with Gasteiger partial charge < -0.3 is 5.32 Å². The zero-order chi connectivity index (χ0) is 14.4. The van der Waals surface area contributed by atoms with Gasteiger partial charge in [-0.05, 0) is 38.2 Å². The van der Waals surface area contributed by atoms with Crippen molar-refractivity contribution in [2.45, 2.75) is 90.3 Å². The highest BCUT2D eigenvalue weighted by Crippen LogP contribution is 2.27. The molecule has 1 aromatic rings. The average molecular weight is 277 g/mol. The first-order valence-electron chi connectivity index (χ1n) is 8.52. The van der Waals surface area contributed by atoms with Crippen LogP contribution in [0.3, 0.4) is 0 Å². The smallest absolute Gasteiger partial charge is 0.0762 e. The van der Waals surface area contributed by atoms with Crippen LogP contribution in [0.1, 0.15) is 83.9 Å². The van der Waals surface area contributed by atoms with Crippen molar-refractivity contribution in [3.05, 3.63) is 18.0 Å². The van der Waals surface area contributed by atoms with E-state index in [1.165, 1.54) is 57.1 Å². The van der Waals surface area contributed by atoms with Crippen molar-refractivity contribution >= 4 is 0 Å². The van der Waals surface area contributed by atoms with E-state index in [2.05, 4.69) is 43.0 Å². The zero-order valence-corrected chi connectivity index (χ0v) is 13.5. The fraction of sp³-hybridized carbons (Fsp3) is 0.824. The lowest BCUT2D eigenvalue weighted by atomic mass is 9.90. The van der Waals surface area contributed by atoms with E-state index < -0.39 is 0 Å². The highest BCUT2D eigenvalue weighted by atomic mass is 15.3. The van der Waals surface area contributed by atoms with Crippen molar-refractivity contribution in [2.24, 2.45) is 0 Å². The van der Waals surface area contributed by atoms with Crippen LogP contribution in [0.15, 0.2) is 12.3 Å². The van der Waals surface area contributed by atoms with Gasteiger partial charge in [0.1, 0.15) is 0 Å². The van der Waals surface area contributed by atoms with Crippen LogP contribution in [0, 0.1) is 0 Å². The lowest BCUT2D eigenvalue weighted by molar-refractivity contribution is 0.284. The number of hydrogen-bond donors (Lipinski definition) is 1. The van der Waals surface area contributed by atoms with Crippen molar-refractivity contribution in [1.29, 1.82) is 0 Å². The average Bonchev–Trinajstić information content (AvgIpc) is 2.99. The SMILES string of the molecule is CCC(CC)(CC)NCc1ccn(C2CCCCC2)n1. The molecule has 0 spiro atoms. The standard InChI is InChI=1S/C17H31N3/c1-4-17(5-2,6-3)18-14-15-12-13-20(19-15)16-10-8-7-9-11-16/h12-13,16,18H,4-11,14H2,1-3H3. The van der Waals surface area contributed by atoms with Gasteiger partial charge in [0.15, 0.2) is 0 Å². The predicted molar refractivity (Wildman–Crippen MR) is 84.8 cm³/mol. The second-order valence-electron chi connectivity index (χ2n) is 6.27. The molecule has 114 valence electrons. The largest absolute Gasteiger partial charge is 0.306 e. The first-order valence-corrected chi connectivity index (χ1v) is 8.52. The molecule has 1 aliphatic carbocycles. The number of aromatic nitrogens is 2. The molecule has 1 aliphatic rings. The van der Waals surface area contributed by atoms with Crippen LogP contribution in [-0.4, -0.2) is 15.3 Å². The van der Waals surface area contributed by atoms with E-state index in [1.54, 1.807) is 0 Å². The van der Waals surface area contributed by atoms with Crippen LogP contribution >= 0.6 is 0 Å². The minimum absolute atomic E-state index is 0.286. The van der Waals surface area contributed by atoms with Crippen LogP contribution in [-0.2, 0) is 6.54 Å². The van der Waals surface area contributed by atoms with Gasteiger partial charge in [-0.1, -0.05) is 40.0 Å². The molecule has 0 saturated heterocycles. The van der Waals surface area contributed by atoms with Gasteiger partial charge in [-0.15, -0.1) is 0 Å². The molecule has 3 heteroatoms. The molecule has 0 amide bonds. The molecule has 0 radical (unpaired) electrons. The first kappa shape index (κ1) is 15.6. The summed E-state index contributed by atoms with van der Waals surface area (Å²) < 4.78 is 2.21. The lowest BCUT2D eigenvalue weighted by Crippen LogP contribution is -2.43. The molecule has 1 heterocycles. The predicted octanol–water partition coefficient (Wildman–Crippen LogP) is 4.45. The maximum absolute atomic E-state index is 4.79. The summed E-state index contributed by atoms with van der Waals surface area (Å²) in [6.07, 6.45) is 12.5. The molecule has 20 heavy (non-hydrogen) atoms. The molecule has 0 aromatic carbocycles. The van der Waals surface area contributed by atoms with Gasteiger partial charge in [-0.2, -0.15) is 5.10 Å². The molecule has 1 saturated carbocycles. The van der Waals surface area contributed by atoms with Crippen molar-refractivity contribution in [1.82, 2.24) is 15.1 Å². The van der Waals surface area contributed by atoms with E-state index in [1.807, 2.05) is 0 Å². The number of nitrogens with zero attached hydrogens (tertiary/aromatic N) is 2. The molecular weight excluding hydrogens is 246 g/mol. The van der Waals surface area contributed by atoms with E-state index in [0.29, 0.717) is 6.04 Å². The van der Waals surface area contributed by atoms with Gasteiger partial charge in [-0.25, -0.2) is 0 Å². The van der Waals surface area contributed by atoms with Crippen LogP contribution in [0.25, 0.3) is 0 Å². The Bertz CT molecular complexity index is 378. The van der Waals surface area contributed by atoms with Crippen LogP contribution in [0.5, 0.6) is 0 Å². The molecule has 0 bridgehead atoms. The highest BCUT2D eigenvalue weighted by molar-refractivity contribution is 5.01. The molecule has 0 aliphatic heterocycles. The second-order valence-corrected chi connectivity index (χ2v) is 6.27. The maximum Gasteiger partial charge on any atom is 0.0762 e. The zero-order valence-electron chi connectivity index (χ0n) is 13.5. The minimum atomic E-state index is 0.286. The Labute approximate surface area is 124 Å². The number of rotatable bonds is 7. The molecule has 0 unspecified atom stereocenters. The van der Waals surface area contributed by atoms with Gasteiger partial charge in [0.2, 0.25) is 0 Å². The van der Waals surface area contributed by atoms with Crippen LogP contribution in [0.2, 0.25) is 0 Å². The molecule has 1 aromatic heterocycles. The molecule has 1 fully saturated rings. The summed E-state index contributed by atoms with van der Waals surface area (Å²) in [5.74, 6) is 0. The Hall–Kier alpha value is -0.830. The molecular formula is C17H31N3. The summed E-state index contributed by atoms with van der Waals surface area (Å²) >= 11 is 0. The molecule has 3 nitrogen and oxygen atoms in total. The van der Waals surface area contributed by atoms with Gasteiger partial charge in [-0.3, -0.25) is 4.68 Å². The van der Waals surface area contributed by atoms with Crippen molar-refractivity contribution < 1.29 is 0 Å². The topological polar surface area (TPSA) is 29.9 Å². The van der Waals surface area contributed by atoms with Crippen LogP contribution in [0.4, 0.5) is 0 Å². The highest BCUT2D eigenvalue weighted by Gasteiger charge is 2.23. The first-order chi connectivity index (χ1) is 9.73. The Morgan fingerprint density at radius 3 is 2.40 bits per heavy atom. The summed E-state index contributed by atoms with van der Waals surface area (Å²) in [7, 11) is 0. The second kappa shape index (κ2) is 7.26. The van der Waals surface area contributed by atoms with Crippen LogP contribution < -0.4 is 5.32 Å². The number of nitrogens with one attached hydrogen (secondary N) is 1. The van der Waals surface area contributed by atoms with Gasteiger partial charge >= 0.3 is 0 Å². The molecule has 0 atom stereocenters. The van der Waals surface area contributed by atoms with Crippen molar-refractivity contribution in [3.8, 4) is 0 Å². The summed E-state index contributed by atoms with van der Waals surface area (Å²) in [6, 6.07) is 2.83. The third kappa shape index (κ3) is 3.63. The minimum Gasteiger partial charge on any atom is -0.306 e. The van der Waals surface area contributed by atoms with Crippen molar-refractivity contribution in [2.75, 3.05) is 0 Å². The quantitative estimate of drug-likeness (QED) is 0.798. The van der Waals surface area contributed by atoms with E-state index >= 15 is 0 Å². The third-order valence-corrected chi connectivity index (χ3v) is 5.29. The third-order valence-electron chi connectivity index (χ3n) is 5.29. The number of hydrogen-bond acceptors (Lipinski definition) is 2. The molecule has 1 N–H and O–H groups in total. The Kier molecular flexibility index (Phi) is 5.64. The molecule has 2 rings (SSSR count). The fourth-order valence-corrected chi connectivity index (χ4v) is 3.42. The lowest BCUT2D eigenvalue weighted by Gasteiger charge is -2.31. The summed E-state index contributed by atoms with van der Waals surface area (Å²) in [5.41, 5.74) is 1.48. The van der Waals surface area contributed by atoms with Gasteiger partial charge in [0.25, 0.3) is 0 Å². The monoisotopic (exact) mass is 277 g/mol. The van der Waals surface area contributed by atoms with Gasteiger partial charge in [0.05, 0.1) is 11.7 Å². The Morgan fingerprint density at radius 1 is 1.15 bits per heavy atom. The van der Waals surface area contributed by atoms with Gasteiger partial charge in [0, 0.05) is 18.3 Å². The van der Waals surface area contributed by atoms with E-state index in [0.717, 1.165) is 6.54 Å². The normalized spacial score (nSPS) is 17.6. The summed E-state index contributed by atoms with van der Waals surface area (Å²) in [6.45, 7) is 7.73. The summed E-state index contributed by atoms with van der Waals surface area (Å²) in [5, 5.41) is 8.53. The Balaban J connectivity index is 1.92. The van der Waals surface area contributed by atoms with E-state index in [-0.39, 0.29) is 5.54 Å². The van der Waals surface area contributed by atoms with Crippen molar-refractivity contribution in [3.63, 3.8) is 0 Å². The summed E-state index contributed by atoms with van der Waals surface area (Å²) in [4.78, 5) is 0. The van der Waals surface area contributed by atoms with E-state index in [4.69, 9.17) is 5.10 Å².